The van der Waals surface area contributed by atoms with Gasteiger partial charge in [-0.3, -0.25) is 19.1 Å². The summed E-state index contributed by atoms with van der Waals surface area (Å²) in [5.74, 6) is 0. The minimum absolute atomic E-state index is 0. The van der Waals surface area contributed by atoms with E-state index in [4.69, 9.17) is 14.0 Å². The van der Waals surface area contributed by atoms with Crippen LogP contribution in [0.4, 0.5) is 5.69 Å². The van der Waals surface area contributed by atoms with Crippen molar-refractivity contribution in [3.05, 3.63) is 110 Å². The van der Waals surface area contributed by atoms with Gasteiger partial charge in [-0.2, -0.15) is 0 Å². The van der Waals surface area contributed by atoms with Gasteiger partial charge in [-0.15, -0.1) is 0 Å². The van der Waals surface area contributed by atoms with Crippen LogP contribution in [0.1, 0.15) is 17.0 Å². The summed E-state index contributed by atoms with van der Waals surface area (Å²) in [7, 11) is 0. The molecule has 34 heavy (non-hydrogen) atoms. The maximum atomic E-state index is 10.7. The zero-order chi connectivity index (χ0) is 24.9. The summed E-state index contributed by atoms with van der Waals surface area (Å²) in [6, 6.07) is 19.3. The number of nitrogens with one attached hydrogen (secondary N) is 1. The molecular weight excluding hydrogens is 631 g/mol. The Labute approximate surface area is 215 Å². The van der Waals surface area contributed by atoms with E-state index in [0.717, 1.165) is 43.0 Å². The maximum absolute atomic E-state index is 10.7. The SMILES string of the molecule is O=S([O-])Nc1ccc(CCN(Cc2ccccn2)Cc2ccccn2)cc1.[C-]#[O+].[C-]#[O+].[C-]#[O+].[Re]. The standard InChI is InChI=1S/C20H22N4O2S.3CO.Re/c25-27(26)23-18-9-7-17(8-10-18)11-14-24(15-19-5-1-3-12-21-19)16-20-6-2-4-13-22-20;3*1-2;/h1-10,12-13,23H,11,14-16H2,(H,25,26);;;;/p-1. The van der Waals surface area contributed by atoms with E-state index >= 15 is 0 Å². The predicted molar refractivity (Wildman–Crippen MR) is 117 cm³/mol. The summed E-state index contributed by atoms with van der Waals surface area (Å²) < 4.78 is 46.2. The van der Waals surface area contributed by atoms with E-state index in [1.54, 1.807) is 24.5 Å². The first-order valence-corrected chi connectivity index (χ1v) is 10.3. The fraction of sp³-hybridized carbons (Fsp3) is 0.174. The molecule has 0 spiro atoms. The van der Waals surface area contributed by atoms with Crippen LogP contribution in [0.5, 0.6) is 0 Å². The zero-order valence-corrected chi connectivity index (χ0v) is 21.5. The molecule has 0 saturated heterocycles. The smallest absolute Gasteiger partial charge is 0 e. The number of rotatable bonds is 9. The van der Waals surface area contributed by atoms with E-state index in [-0.39, 0.29) is 20.4 Å². The van der Waals surface area contributed by atoms with Crippen molar-refractivity contribution in [1.29, 1.82) is 0 Å². The quantitative estimate of drug-likeness (QED) is 0.215. The second kappa shape index (κ2) is 22.1. The summed E-state index contributed by atoms with van der Waals surface area (Å²) in [4.78, 5) is 11.2. The molecule has 1 aromatic carbocycles. The summed E-state index contributed by atoms with van der Waals surface area (Å²) in [5, 5.41) is 0. The number of aromatic nitrogens is 2. The summed E-state index contributed by atoms with van der Waals surface area (Å²) in [6.45, 7) is 15.8. The molecule has 2 heterocycles. The van der Waals surface area contributed by atoms with Crippen molar-refractivity contribution >= 4 is 17.0 Å². The van der Waals surface area contributed by atoms with Gasteiger partial charge in [-0.1, -0.05) is 24.3 Å². The van der Waals surface area contributed by atoms with Crippen LogP contribution in [0.2, 0.25) is 0 Å². The van der Waals surface area contributed by atoms with Crippen LogP contribution in [0, 0.1) is 20.0 Å². The summed E-state index contributed by atoms with van der Waals surface area (Å²) in [6.07, 6.45) is 4.46. The minimum Gasteiger partial charge on any atom is 0 e. The Kier molecular flexibility index (Phi) is 21.7. The number of nitrogens with zero attached hydrogens (tertiary/aromatic N) is 3. The molecule has 0 saturated carbocycles. The fourth-order valence-corrected chi connectivity index (χ4v) is 3.11. The van der Waals surface area contributed by atoms with Crippen molar-refractivity contribution in [2.75, 3.05) is 11.3 Å². The predicted octanol–water partition coefficient (Wildman–Crippen LogP) is 2.81. The Bertz CT molecular complexity index is 931. The van der Waals surface area contributed by atoms with Gasteiger partial charge in [-0.05, 0) is 48.4 Å². The number of benzene rings is 1. The summed E-state index contributed by atoms with van der Waals surface area (Å²) >= 11 is -2.30. The minimum atomic E-state index is -2.30. The van der Waals surface area contributed by atoms with Crippen LogP contribution in [0.25, 0.3) is 0 Å². The van der Waals surface area contributed by atoms with Crippen molar-refractivity contribution in [1.82, 2.24) is 14.9 Å². The van der Waals surface area contributed by atoms with Crippen LogP contribution in [-0.2, 0) is 65.2 Å². The van der Waals surface area contributed by atoms with Crippen molar-refractivity contribution in [2.24, 2.45) is 0 Å². The molecule has 1 atom stereocenters. The Balaban J connectivity index is 0. The van der Waals surface area contributed by atoms with Crippen molar-refractivity contribution < 1.29 is 43.1 Å². The van der Waals surface area contributed by atoms with E-state index in [9.17, 15) is 8.76 Å². The molecule has 0 amide bonds. The van der Waals surface area contributed by atoms with Gasteiger partial charge in [0.05, 0.1) is 11.4 Å². The topological polar surface area (TPSA) is 141 Å². The third-order valence-electron chi connectivity index (χ3n) is 4.10. The van der Waals surface area contributed by atoms with E-state index < -0.39 is 11.3 Å². The largest absolute Gasteiger partial charge is 0 e. The number of hydrogen-bond acceptors (Lipinski definition) is 5. The van der Waals surface area contributed by atoms with Gasteiger partial charge in [0.15, 0.2) is 0 Å². The average molecular weight is 652 g/mol. The van der Waals surface area contributed by atoms with Crippen molar-refractivity contribution in [2.45, 2.75) is 19.5 Å². The molecule has 0 aliphatic carbocycles. The van der Waals surface area contributed by atoms with Crippen LogP contribution in [-0.4, -0.2) is 30.2 Å². The van der Waals surface area contributed by atoms with E-state index in [2.05, 4.69) is 39.5 Å². The molecule has 0 aliphatic rings. The Morgan fingerprint density at radius 3 is 1.68 bits per heavy atom. The third-order valence-corrected chi connectivity index (χ3v) is 4.50. The van der Waals surface area contributed by atoms with Crippen LogP contribution in [0.15, 0.2) is 73.1 Å². The Morgan fingerprint density at radius 2 is 1.29 bits per heavy atom. The van der Waals surface area contributed by atoms with Crippen LogP contribution < -0.4 is 4.72 Å². The molecule has 0 fully saturated rings. The van der Waals surface area contributed by atoms with Gasteiger partial charge in [0.25, 0.3) is 0 Å². The molecular formula is C23H21N4O5ReS-. The molecule has 0 bridgehead atoms. The van der Waals surface area contributed by atoms with Gasteiger partial charge in [0.1, 0.15) is 0 Å². The summed E-state index contributed by atoms with van der Waals surface area (Å²) in [5.41, 5.74) is 3.74. The molecule has 3 rings (SSSR count). The first-order valence-electron chi connectivity index (χ1n) is 9.27. The van der Waals surface area contributed by atoms with Gasteiger partial charge < -0.3 is 9.27 Å². The van der Waals surface area contributed by atoms with Crippen molar-refractivity contribution in [3.63, 3.8) is 0 Å². The molecule has 11 heteroatoms. The van der Waals surface area contributed by atoms with E-state index in [1.807, 2.05) is 48.5 Å². The Morgan fingerprint density at radius 1 is 0.824 bits per heavy atom. The van der Waals surface area contributed by atoms with E-state index in [0.29, 0.717) is 5.69 Å². The van der Waals surface area contributed by atoms with Gasteiger partial charge in [-0.25, -0.2) is 0 Å². The monoisotopic (exact) mass is 652 g/mol. The second-order valence-corrected chi connectivity index (χ2v) is 6.81. The molecule has 1 unspecified atom stereocenters. The first-order chi connectivity index (χ1) is 16.2. The second-order valence-electron chi connectivity index (χ2n) is 6.14. The van der Waals surface area contributed by atoms with Gasteiger partial charge >= 0.3 is 33.9 Å². The normalized spacial score (nSPS) is 9.76. The number of anilines is 1. The molecule has 1 radical (unpaired) electrons. The molecule has 177 valence electrons. The fourth-order valence-electron chi connectivity index (χ4n) is 2.78. The average Bonchev–Trinajstić information content (AvgIpc) is 2.88. The van der Waals surface area contributed by atoms with Crippen LogP contribution in [0.3, 0.4) is 0 Å². The molecule has 0 aliphatic heterocycles. The first kappa shape index (κ1) is 33.4. The van der Waals surface area contributed by atoms with Gasteiger partial charge in [0, 0.05) is 69.4 Å². The van der Waals surface area contributed by atoms with Crippen molar-refractivity contribution in [3.8, 4) is 0 Å². The maximum Gasteiger partial charge on any atom is 0 e. The zero-order valence-electron chi connectivity index (χ0n) is 17.9. The van der Waals surface area contributed by atoms with Gasteiger partial charge in [0.2, 0.25) is 0 Å². The van der Waals surface area contributed by atoms with Crippen LogP contribution >= 0.6 is 0 Å². The number of hydrogen-bond donors (Lipinski definition) is 1. The third kappa shape index (κ3) is 14.4. The van der Waals surface area contributed by atoms with E-state index in [1.165, 1.54) is 0 Å². The molecule has 1 N–H and O–H groups in total. The molecule has 3 aromatic rings. The Hall–Kier alpha value is -2.73. The molecule has 9 nitrogen and oxygen atoms in total. The number of pyridine rings is 2. The molecule has 2 aromatic heterocycles.